The number of pyridine rings is 1. The normalized spacial score (nSPS) is 27.3. The number of anilines is 1. The lowest BCUT2D eigenvalue weighted by molar-refractivity contribution is -0.145. The second kappa shape index (κ2) is 12.7. The number of nitrogens with one attached hydrogen (secondary N) is 2. The lowest BCUT2D eigenvalue weighted by Crippen LogP contribution is -2.55. The summed E-state index contributed by atoms with van der Waals surface area (Å²) in [5.74, 6) is -0.792. The number of amides is 2. The minimum absolute atomic E-state index is 0.117. The molecule has 13 heteroatoms. The van der Waals surface area contributed by atoms with Crippen molar-refractivity contribution in [3.8, 4) is 17.4 Å². The molecule has 3 aromatic heterocycles. The van der Waals surface area contributed by atoms with E-state index in [0.29, 0.717) is 41.6 Å². The van der Waals surface area contributed by atoms with Gasteiger partial charge in [0.2, 0.25) is 17.7 Å². The maximum absolute atomic E-state index is 13.7. The van der Waals surface area contributed by atoms with Crippen molar-refractivity contribution in [1.82, 2.24) is 25.2 Å². The monoisotopic (exact) mass is 633 g/mol. The summed E-state index contributed by atoms with van der Waals surface area (Å²) in [6, 6.07) is 5.98. The van der Waals surface area contributed by atoms with Crippen LogP contribution >= 0.6 is 11.3 Å². The van der Waals surface area contributed by atoms with Crippen LogP contribution in [0.4, 0.5) is 5.82 Å². The zero-order valence-corrected chi connectivity index (χ0v) is 26.3. The van der Waals surface area contributed by atoms with Gasteiger partial charge in [-0.15, -0.1) is 11.3 Å². The van der Waals surface area contributed by atoms with E-state index in [9.17, 15) is 19.5 Å². The van der Waals surface area contributed by atoms with Crippen LogP contribution in [0.15, 0.2) is 41.8 Å². The minimum atomic E-state index is -1.37. The van der Waals surface area contributed by atoms with Gasteiger partial charge in [0.25, 0.3) is 0 Å². The molecule has 1 saturated carbocycles. The average molecular weight is 634 g/mol. The third-order valence-electron chi connectivity index (χ3n) is 8.63. The van der Waals surface area contributed by atoms with Crippen LogP contribution in [0.1, 0.15) is 58.8 Å². The predicted molar refractivity (Wildman–Crippen MR) is 171 cm³/mol. The topological polar surface area (TPSA) is 173 Å². The summed E-state index contributed by atoms with van der Waals surface area (Å²) in [4.78, 5) is 55.2. The number of carboxylic acid groups (broad SMARTS) is 1. The zero-order valence-electron chi connectivity index (χ0n) is 25.4. The van der Waals surface area contributed by atoms with E-state index < -0.39 is 35.6 Å². The van der Waals surface area contributed by atoms with Crippen molar-refractivity contribution < 1.29 is 24.2 Å². The summed E-state index contributed by atoms with van der Waals surface area (Å²) in [5, 5.41) is 18.0. The Balaban J connectivity index is 1.28. The van der Waals surface area contributed by atoms with Gasteiger partial charge in [-0.05, 0) is 63.1 Å². The van der Waals surface area contributed by atoms with Crippen molar-refractivity contribution in [2.24, 2.45) is 11.7 Å². The number of aromatic nitrogens is 3. The molecule has 1 saturated heterocycles. The number of rotatable bonds is 6. The van der Waals surface area contributed by atoms with Gasteiger partial charge in [-0.2, -0.15) is 4.98 Å². The van der Waals surface area contributed by atoms with Crippen molar-refractivity contribution in [3.05, 3.63) is 41.8 Å². The Bertz CT molecular complexity index is 1630. The summed E-state index contributed by atoms with van der Waals surface area (Å²) in [6.45, 7) is 4.18. The Morgan fingerprint density at radius 1 is 1.20 bits per heavy atom. The van der Waals surface area contributed by atoms with Crippen molar-refractivity contribution >= 4 is 45.2 Å². The molecular formula is C32H39N7O5S. The van der Waals surface area contributed by atoms with E-state index in [-0.39, 0.29) is 30.8 Å². The molecule has 0 radical (unpaired) electrons. The largest absolute Gasteiger partial charge is 0.479 e. The molecule has 12 nitrogen and oxygen atoms in total. The van der Waals surface area contributed by atoms with Crippen LogP contribution < -0.4 is 21.1 Å². The van der Waals surface area contributed by atoms with Crippen LogP contribution in [-0.2, 0) is 14.4 Å². The van der Waals surface area contributed by atoms with E-state index >= 15 is 0 Å². The number of carbonyl (C=O) groups is 3. The highest BCUT2D eigenvalue weighted by Gasteiger charge is 2.61. The zero-order chi connectivity index (χ0) is 31.7. The first-order chi connectivity index (χ1) is 21.6. The SMILES string of the molecule is CC(C)Nc1cccc(-c2nc(O[C@@H]3C[C@H]4C(=O)N[C@]5(C(=O)O)C[C@H]5C=CCCCCC[C@H](N)C(=O)N4C3)c3sccc3n2)n1. The molecule has 5 heterocycles. The summed E-state index contributed by atoms with van der Waals surface area (Å²) in [7, 11) is 0. The van der Waals surface area contributed by atoms with Crippen LogP contribution in [-0.4, -0.2) is 79.1 Å². The number of carboxylic acids is 1. The predicted octanol–water partition coefficient (Wildman–Crippen LogP) is 3.73. The van der Waals surface area contributed by atoms with Gasteiger partial charge in [0.05, 0.1) is 18.1 Å². The molecule has 0 bridgehead atoms. The van der Waals surface area contributed by atoms with Crippen LogP contribution in [0.2, 0.25) is 0 Å². The van der Waals surface area contributed by atoms with Crippen LogP contribution in [0, 0.1) is 5.92 Å². The van der Waals surface area contributed by atoms with Crippen molar-refractivity contribution in [2.75, 3.05) is 11.9 Å². The molecule has 238 valence electrons. The lowest BCUT2D eigenvalue weighted by Gasteiger charge is -2.27. The van der Waals surface area contributed by atoms with Gasteiger partial charge in [0, 0.05) is 18.4 Å². The number of fused-ring (bicyclic) bond motifs is 3. The molecular weight excluding hydrogens is 594 g/mol. The van der Waals surface area contributed by atoms with Gasteiger partial charge < -0.3 is 31.1 Å². The molecule has 0 spiro atoms. The molecule has 3 aliphatic rings. The van der Waals surface area contributed by atoms with Crippen LogP contribution in [0.5, 0.6) is 5.88 Å². The van der Waals surface area contributed by atoms with Gasteiger partial charge in [-0.3, -0.25) is 9.59 Å². The average Bonchev–Trinajstić information content (AvgIpc) is 3.29. The standard InChI is InChI=1S/C32H39N7O5S/c1-18(2)34-25-12-8-11-23(35-25)27-36-22-13-14-45-26(22)29(37-27)44-20-15-24-28(40)38-32(31(42)43)16-19(32)9-6-4-3-5-7-10-21(33)30(41)39(24)17-20/h6,8-9,11-14,18-21,24H,3-5,7,10,15-17,33H2,1-2H3,(H,34,35)(H,38,40)(H,42,43)/t19-,20-,21+,24+,32-/m1/s1. The number of aliphatic carboxylic acids is 1. The van der Waals surface area contributed by atoms with Gasteiger partial charge >= 0.3 is 5.97 Å². The number of nitrogens with two attached hydrogens (primary N) is 1. The molecule has 2 fully saturated rings. The number of allylic oxidation sites excluding steroid dienone is 1. The van der Waals surface area contributed by atoms with Gasteiger partial charge in [0.15, 0.2) is 5.82 Å². The van der Waals surface area contributed by atoms with Crippen LogP contribution in [0.3, 0.4) is 0 Å². The molecule has 5 atom stereocenters. The van der Waals surface area contributed by atoms with Crippen molar-refractivity contribution in [2.45, 2.75) is 88.6 Å². The van der Waals surface area contributed by atoms with Crippen molar-refractivity contribution in [3.63, 3.8) is 0 Å². The smallest absolute Gasteiger partial charge is 0.330 e. The highest BCUT2D eigenvalue weighted by Crippen LogP contribution is 2.45. The number of carbonyl (C=O) groups excluding carboxylic acids is 2. The number of nitrogens with zero attached hydrogens (tertiary/aromatic N) is 4. The molecule has 2 aliphatic heterocycles. The third-order valence-corrected chi connectivity index (χ3v) is 9.52. The molecule has 0 unspecified atom stereocenters. The third kappa shape index (κ3) is 6.50. The summed E-state index contributed by atoms with van der Waals surface area (Å²) in [5.41, 5.74) is 6.25. The summed E-state index contributed by atoms with van der Waals surface area (Å²) in [6.07, 6.45) is 7.72. The molecule has 6 rings (SSSR count). The summed E-state index contributed by atoms with van der Waals surface area (Å²) < 4.78 is 7.20. The highest BCUT2D eigenvalue weighted by molar-refractivity contribution is 7.17. The highest BCUT2D eigenvalue weighted by atomic mass is 32.1. The second-order valence-corrected chi connectivity index (χ2v) is 13.3. The maximum Gasteiger partial charge on any atom is 0.330 e. The van der Waals surface area contributed by atoms with E-state index in [1.165, 1.54) is 16.2 Å². The van der Waals surface area contributed by atoms with E-state index in [2.05, 4.69) is 15.6 Å². The van der Waals surface area contributed by atoms with Gasteiger partial charge in [-0.25, -0.2) is 14.8 Å². The number of hydrogen-bond donors (Lipinski definition) is 4. The molecule has 5 N–H and O–H groups in total. The van der Waals surface area contributed by atoms with Crippen molar-refractivity contribution in [1.29, 1.82) is 0 Å². The number of hydrogen-bond acceptors (Lipinski definition) is 10. The fraction of sp³-hybridized carbons (Fsp3) is 0.500. The molecule has 45 heavy (non-hydrogen) atoms. The van der Waals surface area contributed by atoms with Gasteiger partial charge in [0.1, 0.15) is 33.9 Å². The Kier molecular flexibility index (Phi) is 8.74. The Morgan fingerprint density at radius 3 is 2.84 bits per heavy atom. The molecule has 3 aromatic rings. The van der Waals surface area contributed by atoms with Crippen LogP contribution in [0.25, 0.3) is 21.7 Å². The quantitative estimate of drug-likeness (QED) is 0.293. The van der Waals surface area contributed by atoms with E-state index in [1.54, 1.807) is 0 Å². The van der Waals surface area contributed by atoms with E-state index in [1.807, 2.05) is 55.6 Å². The fourth-order valence-electron chi connectivity index (χ4n) is 6.17. The second-order valence-electron chi connectivity index (χ2n) is 12.4. The number of ether oxygens (including phenoxy) is 1. The van der Waals surface area contributed by atoms with Gasteiger partial charge in [-0.1, -0.05) is 31.1 Å². The first kappa shape index (κ1) is 30.9. The van der Waals surface area contributed by atoms with E-state index in [0.717, 1.165) is 30.4 Å². The number of thiophene rings is 1. The maximum atomic E-state index is 13.7. The molecule has 1 aliphatic carbocycles. The lowest BCUT2D eigenvalue weighted by atomic mass is 10.1. The first-order valence-corrected chi connectivity index (χ1v) is 16.5. The molecule has 2 amide bonds. The Morgan fingerprint density at radius 2 is 2.04 bits per heavy atom. The fourth-order valence-corrected chi connectivity index (χ4v) is 6.93. The molecule has 0 aromatic carbocycles. The summed E-state index contributed by atoms with van der Waals surface area (Å²) >= 11 is 1.44. The minimum Gasteiger partial charge on any atom is -0.479 e. The Labute approximate surface area is 265 Å². The van der Waals surface area contributed by atoms with E-state index in [4.69, 9.17) is 20.4 Å². The first-order valence-electron chi connectivity index (χ1n) is 15.6. The Hall–Kier alpha value is -4.10.